The fraction of sp³-hybridized carbons (Fsp3) is 0.892. The van der Waals surface area contributed by atoms with E-state index in [1.165, 1.54) is 19.6 Å². The van der Waals surface area contributed by atoms with Gasteiger partial charge in [-0.05, 0) is 38.2 Å². The van der Waals surface area contributed by atoms with Crippen LogP contribution in [0.4, 0.5) is 0 Å². The van der Waals surface area contributed by atoms with Gasteiger partial charge in [0.2, 0.25) is 0 Å². The number of hydrogen-bond acceptors (Lipinski definition) is 17. The van der Waals surface area contributed by atoms with Gasteiger partial charge in [0, 0.05) is 46.3 Å². The van der Waals surface area contributed by atoms with Gasteiger partial charge in [0.25, 0.3) is 0 Å². The highest BCUT2D eigenvalue weighted by molar-refractivity contribution is 5.00. The zero-order valence-electron chi connectivity index (χ0n) is 32.0. The molecule has 0 aromatic rings. The molecule has 0 radical (unpaired) electrons. The summed E-state index contributed by atoms with van der Waals surface area (Å²) in [6.07, 6.45) is 5.12. The van der Waals surface area contributed by atoms with E-state index < -0.39 is 43.6 Å². The topological polar surface area (TPSA) is 201 Å². The van der Waals surface area contributed by atoms with Crippen molar-refractivity contribution in [1.29, 1.82) is 0 Å². The van der Waals surface area contributed by atoms with Crippen molar-refractivity contribution in [2.24, 2.45) is 0 Å². The highest BCUT2D eigenvalue weighted by Gasteiger charge is 2.34. The quantitative estimate of drug-likeness (QED) is 0.103. The fourth-order valence-electron chi connectivity index (χ4n) is 6.41. The first kappa shape index (κ1) is 45.0. The lowest BCUT2D eigenvalue weighted by molar-refractivity contribution is -0.277. The second kappa shape index (κ2) is 25.5. The second-order valence-corrected chi connectivity index (χ2v) is 13.8. The monoisotopic (exact) mass is 780 g/mol. The molecule has 0 spiro atoms. The van der Waals surface area contributed by atoms with E-state index in [1.54, 1.807) is 20.3 Å². The lowest BCUT2D eigenvalue weighted by Gasteiger charge is -2.37. The van der Waals surface area contributed by atoms with Crippen LogP contribution in [0.25, 0.3) is 0 Å². The molecule has 0 aromatic heterocycles. The Balaban J connectivity index is 1.20. The molecule has 0 saturated carbocycles. The molecule has 0 aromatic carbocycles. The van der Waals surface area contributed by atoms with Gasteiger partial charge in [-0.15, -0.1) is 0 Å². The maximum absolute atomic E-state index is 11.3. The van der Waals surface area contributed by atoms with Gasteiger partial charge < -0.3 is 82.0 Å². The van der Waals surface area contributed by atoms with Crippen molar-refractivity contribution in [3.8, 4) is 0 Å². The molecule has 17 heteroatoms. The summed E-state index contributed by atoms with van der Waals surface area (Å²) in [5.41, 5.74) is 0. The van der Waals surface area contributed by atoms with Crippen LogP contribution < -0.4 is 0 Å². The Hall–Kier alpha value is -1.68. The zero-order valence-corrected chi connectivity index (χ0v) is 32.0. The zero-order chi connectivity index (χ0) is 38.5. The summed E-state index contributed by atoms with van der Waals surface area (Å²) >= 11 is 0. The Morgan fingerprint density at radius 3 is 1.72 bits per heavy atom. The molecule has 0 amide bonds. The standard InChI is InChI=1S/C37H64O17/c1-42-15-4-5-26(18-39)51-33-11-7-28(21-48-33)46-24-32(45-16-14-25(17-38)43-2)37(41)31(19-40)54-36-13-9-30(23-50-36)53-35-12-8-29(22-49-35)52-34-10-6-27(44-3)20-47-34/h4,15,24-31,33-41H,5-14,16-23H2,1-3H3/b15-4+,32-24+. The smallest absolute Gasteiger partial charge is 0.161 e. The third-order valence-corrected chi connectivity index (χ3v) is 9.74. The van der Waals surface area contributed by atoms with E-state index in [-0.39, 0.29) is 75.8 Å². The Kier molecular flexibility index (Phi) is 21.3. The molecule has 54 heavy (non-hydrogen) atoms. The van der Waals surface area contributed by atoms with E-state index in [1.807, 2.05) is 0 Å². The largest absolute Gasteiger partial charge is 0.505 e. The average Bonchev–Trinajstić information content (AvgIpc) is 3.21. The van der Waals surface area contributed by atoms with Crippen LogP contribution in [0.1, 0.15) is 64.2 Å². The predicted molar refractivity (Wildman–Crippen MR) is 189 cm³/mol. The second-order valence-electron chi connectivity index (χ2n) is 13.8. The van der Waals surface area contributed by atoms with Crippen molar-refractivity contribution in [2.45, 2.75) is 138 Å². The number of methoxy groups -OCH3 is 3. The van der Waals surface area contributed by atoms with Crippen molar-refractivity contribution >= 4 is 0 Å². The number of aliphatic hydroxyl groups excluding tert-OH is 4. The van der Waals surface area contributed by atoms with E-state index >= 15 is 0 Å². The summed E-state index contributed by atoms with van der Waals surface area (Å²) in [6.45, 7) is 0.631. The molecule has 4 N–H and O–H groups in total. The summed E-state index contributed by atoms with van der Waals surface area (Å²) in [5, 5.41) is 40.7. The fourth-order valence-corrected chi connectivity index (χ4v) is 6.41. The predicted octanol–water partition coefficient (Wildman–Crippen LogP) is 1.62. The van der Waals surface area contributed by atoms with Crippen molar-refractivity contribution in [1.82, 2.24) is 0 Å². The van der Waals surface area contributed by atoms with Crippen LogP contribution in [0, 0.1) is 0 Å². The molecule has 4 fully saturated rings. The van der Waals surface area contributed by atoms with Gasteiger partial charge >= 0.3 is 0 Å². The van der Waals surface area contributed by atoms with Crippen molar-refractivity contribution in [2.75, 3.05) is 74.2 Å². The molecule has 17 nitrogen and oxygen atoms in total. The average molecular weight is 781 g/mol. The Morgan fingerprint density at radius 2 is 1.22 bits per heavy atom. The van der Waals surface area contributed by atoms with Crippen LogP contribution in [-0.2, 0) is 61.6 Å². The van der Waals surface area contributed by atoms with E-state index in [0.717, 1.165) is 19.3 Å². The van der Waals surface area contributed by atoms with E-state index in [4.69, 9.17) is 61.6 Å². The third kappa shape index (κ3) is 15.7. The lowest BCUT2D eigenvalue weighted by Crippen LogP contribution is -2.43. The molecule has 12 unspecified atom stereocenters. The molecule has 4 heterocycles. The highest BCUT2D eigenvalue weighted by Crippen LogP contribution is 2.27. The number of rotatable bonds is 24. The summed E-state index contributed by atoms with van der Waals surface area (Å²) in [4.78, 5) is 0. The van der Waals surface area contributed by atoms with Crippen molar-refractivity contribution in [3.05, 3.63) is 24.4 Å². The lowest BCUT2D eigenvalue weighted by atomic mass is 10.1. The van der Waals surface area contributed by atoms with Crippen molar-refractivity contribution < 1.29 is 82.0 Å². The normalized spacial score (nSPS) is 32.2. The molecular formula is C37H64O17. The van der Waals surface area contributed by atoms with Crippen LogP contribution in [0.5, 0.6) is 0 Å². The maximum atomic E-state index is 11.3. The molecule has 4 aliphatic heterocycles. The van der Waals surface area contributed by atoms with Gasteiger partial charge in [-0.25, -0.2) is 0 Å². The Labute approximate surface area is 318 Å². The SMILES string of the molecule is CO/C=C/CC(CO)OC1CCC(O/C=C(/OCCC(CO)OC)C(O)C(CO)OC2CCC(OC3CCC(OC4CCC(OC)CO4)CO3)CO2)CO1. The summed E-state index contributed by atoms with van der Waals surface area (Å²) in [5.74, 6) is 0.0356. The first-order valence-electron chi connectivity index (χ1n) is 19.2. The molecular weight excluding hydrogens is 716 g/mol. The molecule has 0 bridgehead atoms. The van der Waals surface area contributed by atoms with Gasteiger partial charge in [0.15, 0.2) is 30.9 Å². The third-order valence-electron chi connectivity index (χ3n) is 9.74. The van der Waals surface area contributed by atoms with Crippen LogP contribution >= 0.6 is 0 Å². The van der Waals surface area contributed by atoms with E-state index in [0.29, 0.717) is 58.2 Å². The summed E-state index contributed by atoms with van der Waals surface area (Å²) < 4.78 is 74.9. The first-order chi connectivity index (χ1) is 26.4. The summed E-state index contributed by atoms with van der Waals surface area (Å²) in [7, 11) is 4.73. The van der Waals surface area contributed by atoms with E-state index in [2.05, 4.69) is 0 Å². The minimum atomic E-state index is -1.40. The molecule has 314 valence electrons. The number of aliphatic hydroxyl groups is 4. The van der Waals surface area contributed by atoms with Crippen LogP contribution in [0.15, 0.2) is 24.4 Å². The highest BCUT2D eigenvalue weighted by atomic mass is 16.7. The van der Waals surface area contributed by atoms with Gasteiger partial charge in [0.1, 0.15) is 24.6 Å². The van der Waals surface area contributed by atoms with Crippen LogP contribution in [0.3, 0.4) is 0 Å². The maximum Gasteiger partial charge on any atom is 0.161 e. The van der Waals surface area contributed by atoms with Crippen LogP contribution in [0.2, 0.25) is 0 Å². The minimum Gasteiger partial charge on any atom is -0.505 e. The molecule has 4 aliphatic rings. The minimum absolute atomic E-state index is 0.0356. The van der Waals surface area contributed by atoms with Crippen molar-refractivity contribution in [3.63, 3.8) is 0 Å². The van der Waals surface area contributed by atoms with Gasteiger partial charge in [-0.1, -0.05) is 0 Å². The summed E-state index contributed by atoms with van der Waals surface area (Å²) in [6, 6.07) is 0. The molecule has 4 saturated heterocycles. The molecule has 4 rings (SSSR count). The van der Waals surface area contributed by atoms with Crippen LogP contribution in [-0.4, -0.2) is 169 Å². The Morgan fingerprint density at radius 1 is 0.667 bits per heavy atom. The first-order valence-corrected chi connectivity index (χ1v) is 19.2. The van der Waals surface area contributed by atoms with Gasteiger partial charge in [0.05, 0.1) is 96.7 Å². The number of ether oxygens (including phenoxy) is 13. The van der Waals surface area contributed by atoms with E-state index in [9.17, 15) is 20.4 Å². The van der Waals surface area contributed by atoms with Gasteiger partial charge in [-0.3, -0.25) is 0 Å². The molecule has 0 aliphatic carbocycles. The van der Waals surface area contributed by atoms with Gasteiger partial charge in [-0.2, -0.15) is 0 Å². The Bertz CT molecular complexity index is 1010. The number of hydrogen-bond donors (Lipinski definition) is 4. The molecule has 12 atom stereocenters.